The molecule has 0 atom stereocenters. The molecule has 3 heteroatoms. The van der Waals surface area contributed by atoms with E-state index in [-0.39, 0.29) is 0 Å². The molecule has 0 bridgehead atoms. The maximum atomic E-state index is 2.66. The predicted octanol–water partition coefficient (Wildman–Crippen LogP) is 2.45. The number of hydrogen-bond donors (Lipinski definition) is 0. The van der Waals surface area contributed by atoms with Crippen LogP contribution in [-0.4, -0.2) is 40.4 Å². The van der Waals surface area contributed by atoms with Crippen LogP contribution in [0, 0.1) is 0 Å². The van der Waals surface area contributed by atoms with Gasteiger partial charge in [0.05, 0.1) is 0 Å². The molecule has 0 fully saturated rings. The van der Waals surface area contributed by atoms with Crippen molar-refractivity contribution in [1.29, 1.82) is 0 Å². The molecule has 0 radical (unpaired) electrons. The van der Waals surface area contributed by atoms with E-state index in [0.29, 0.717) is 20.4 Å². The summed E-state index contributed by atoms with van der Waals surface area (Å²) in [5.41, 5.74) is 0. The summed E-state index contributed by atoms with van der Waals surface area (Å²) in [5, 5.41) is 0. The average molecular weight is 346 g/mol. The van der Waals surface area contributed by atoms with Gasteiger partial charge in [0.25, 0.3) is 0 Å². The molecule has 0 N–H and O–H groups in total. The molecule has 0 unspecified atom stereocenters. The van der Waals surface area contributed by atoms with Crippen LogP contribution >= 0.6 is 24.0 Å². The molecule has 0 aromatic carbocycles. The zero-order chi connectivity index (χ0) is 6.15. The Hall–Kier alpha value is 1.95. The molecular weight excluding hydrogens is 334 g/mol. The number of hydrogen-bond acceptors (Lipinski definition) is 0. The zero-order valence-electron chi connectivity index (χ0n) is 5.23. The molecule has 0 aromatic heterocycles. The molecule has 0 amide bonds. The van der Waals surface area contributed by atoms with Gasteiger partial charge in [0.1, 0.15) is 0 Å². The quantitative estimate of drug-likeness (QED) is 0.389. The van der Waals surface area contributed by atoms with Crippen LogP contribution in [0.3, 0.4) is 0 Å². The Balaban J connectivity index is 3.83. The van der Waals surface area contributed by atoms with Gasteiger partial charge in [-0.3, -0.25) is 0 Å². The maximum absolute atomic E-state index is 2.66. The third-order valence-corrected chi connectivity index (χ3v) is 20.3. The average Bonchev–Trinajstić information content (AvgIpc) is 1.32. The molecule has 0 aliphatic rings. The van der Waals surface area contributed by atoms with E-state index in [0.717, 1.165) is 0 Å². The van der Waals surface area contributed by atoms with E-state index >= 15 is 0 Å². The molecule has 7 heavy (non-hydrogen) atoms. The van der Waals surface area contributed by atoms with Gasteiger partial charge in [-0.1, -0.05) is 0 Å². The van der Waals surface area contributed by atoms with Crippen LogP contribution in [0.2, 0.25) is 4.97 Å². The molecule has 0 saturated carbocycles. The van der Waals surface area contributed by atoms with Crippen molar-refractivity contribution in [1.82, 2.24) is 0 Å². The Morgan fingerprint density at radius 2 is 1.43 bits per heavy atom. The van der Waals surface area contributed by atoms with Crippen LogP contribution in [0.4, 0.5) is 0 Å². The van der Waals surface area contributed by atoms with E-state index < -0.39 is 1.94 Å². The molecule has 0 aliphatic heterocycles. The van der Waals surface area contributed by atoms with E-state index in [4.69, 9.17) is 0 Å². The summed E-state index contributed by atoms with van der Waals surface area (Å²) in [4.78, 5) is 2.40. The zero-order valence-corrected chi connectivity index (χ0v) is 10.6. The van der Waals surface area contributed by atoms with Crippen molar-refractivity contribution in [2.24, 2.45) is 0 Å². The van der Waals surface area contributed by atoms with Gasteiger partial charge in [-0.2, -0.15) is 0 Å². The predicted molar refractivity (Wildman–Crippen MR) is 50.3 cm³/mol. The molecule has 0 nitrogen and oxygen atoms in total. The SMILES string of the molecule is C[Te]P(C)(C)(C)I. The van der Waals surface area contributed by atoms with Crippen LogP contribution < -0.4 is 0 Å². The van der Waals surface area contributed by atoms with Crippen molar-refractivity contribution >= 4 is 44.4 Å². The Morgan fingerprint density at radius 3 is 1.43 bits per heavy atom. The van der Waals surface area contributed by atoms with Crippen LogP contribution in [0.25, 0.3) is 0 Å². The summed E-state index contributed by atoms with van der Waals surface area (Å²) in [7, 11) is 0. The number of halogens is 1. The fraction of sp³-hybridized carbons (Fsp3) is 1.00. The van der Waals surface area contributed by atoms with Gasteiger partial charge in [0.15, 0.2) is 0 Å². The van der Waals surface area contributed by atoms with E-state index in [1.54, 1.807) is 0 Å². The minimum atomic E-state index is -0.976. The first-order valence-corrected chi connectivity index (χ1v) is 13.8. The molecular formula is C4H12IPTe. The molecule has 46 valence electrons. The fourth-order valence-corrected chi connectivity index (χ4v) is 0. The molecule has 0 aliphatic carbocycles. The Morgan fingerprint density at radius 1 is 1.29 bits per heavy atom. The Bertz CT molecular complexity index is 64.2. The first-order chi connectivity index (χ1) is 2.81. The monoisotopic (exact) mass is 348 g/mol. The van der Waals surface area contributed by atoms with E-state index in [2.05, 4.69) is 47.0 Å². The summed E-state index contributed by atoms with van der Waals surface area (Å²) in [6, 6.07) is 0. The van der Waals surface area contributed by atoms with Crippen LogP contribution in [-0.2, 0) is 0 Å². The third-order valence-electron chi connectivity index (χ3n) is 0.617. The van der Waals surface area contributed by atoms with Gasteiger partial charge in [0, 0.05) is 0 Å². The normalized spacial score (nSPS) is 18.1. The summed E-state index contributed by atoms with van der Waals surface area (Å²) in [6.07, 6.45) is 0. The van der Waals surface area contributed by atoms with E-state index in [1.165, 1.54) is 0 Å². The Kier molecular flexibility index (Phi) is 2.93. The van der Waals surface area contributed by atoms with Crippen molar-refractivity contribution in [3.8, 4) is 0 Å². The molecule has 0 aromatic rings. The Labute approximate surface area is 68.7 Å². The molecule has 0 spiro atoms. The van der Waals surface area contributed by atoms with Crippen molar-refractivity contribution in [3.05, 3.63) is 0 Å². The van der Waals surface area contributed by atoms with Gasteiger partial charge in [-0.15, -0.1) is 0 Å². The van der Waals surface area contributed by atoms with Crippen LogP contribution in [0.5, 0.6) is 0 Å². The first kappa shape index (κ1) is 8.95. The number of rotatable bonds is 1. The van der Waals surface area contributed by atoms with Gasteiger partial charge >= 0.3 is 69.3 Å². The topological polar surface area (TPSA) is 0 Å². The second-order valence-corrected chi connectivity index (χ2v) is 38.2. The standard InChI is InChI=1S/C4H12IPTe/c1-6(2,3,5)7-4/h1-4H3. The summed E-state index contributed by atoms with van der Waals surface area (Å²) in [6.45, 7) is 7.32. The van der Waals surface area contributed by atoms with Crippen LogP contribution in [0.1, 0.15) is 0 Å². The third kappa shape index (κ3) is 7.95. The summed E-state index contributed by atoms with van der Waals surface area (Å²) >= 11 is 3.01. The molecule has 0 heterocycles. The van der Waals surface area contributed by atoms with E-state index in [9.17, 15) is 0 Å². The second kappa shape index (κ2) is 2.29. The van der Waals surface area contributed by atoms with Gasteiger partial charge in [0.2, 0.25) is 0 Å². The van der Waals surface area contributed by atoms with Gasteiger partial charge < -0.3 is 0 Å². The van der Waals surface area contributed by atoms with E-state index in [1.807, 2.05) is 0 Å². The van der Waals surface area contributed by atoms with Crippen molar-refractivity contribution in [3.63, 3.8) is 0 Å². The summed E-state index contributed by atoms with van der Waals surface area (Å²) in [5.74, 6) is 0. The van der Waals surface area contributed by atoms with Crippen LogP contribution in [0.15, 0.2) is 0 Å². The fourth-order valence-electron chi connectivity index (χ4n) is 0. The van der Waals surface area contributed by atoms with Gasteiger partial charge in [-0.25, -0.2) is 0 Å². The van der Waals surface area contributed by atoms with Crippen molar-refractivity contribution < 1.29 is 0 Å². The first-order valence-electron chi connectivity index (χ1n) is 2.10. The minimum absolute atomic E-state index is 0.342. The van der Waals surface area contributed by atoms with Crippen molar-refractivity contribution in [2.45, 2.75) is 4.97 Å². The van der Waals surface area contributed by atoms with Gasteiger partial charge in [-0.05, 0) is 0 Å². The molecule has 0 saturated heterocycles. The van der Waals surface area contributed by atoms with Crippen molar-refractivity contribution in [2.75, 3.05) is 20.0 Å². The molecule has 0 rings (SSSR count). The summed E-state index contributed by atoms with van der Waals surface area (Å²) < 4.78 is -0.976. The second-order valence-electron chi connectivity index (χ2n) is 2.65.